The monoisotopic (exact) mass is 300 g/mol. The normalized spacial score (nSPS) is 22.7. The maximum atomic E-state index is 11.9. The van der Waals surface area contributed by atoms with Gasteiger partial charge in [-0.1, -0.05) is 13.8 Å². The molecule has 1 fully saturated rings. The van der Waals surface area contributed by atoms with Crippen LogP contribution in [0.15, 0.2) is 0 Å². The molecule has 0 saturated heterocycles. The number of methoxy groups -OCH3 is 1. The number of ether oxygens (including phenoxy) is 1. The maximum Gasteiger partial charge on any atom is 0.328 e. The van der Waals surface area contributed by atoms with Crippen LogP contribution in [0.4, 0.5) is 4.79 Å². The molecule has 0 aromatic rings. The van der Waals surface area contributed by atoms with Crippen molar-refractivity contribution in [3.05, 3.63) is 0 Å². The van der Waals surface area contributed by atoms with Gasteiger partial charge in [-0.3, -0.25) is 4.79 Å². The van der Waals surface area contributed by atoms with Crippen LogP contribution in [-0.2, 0) is 14.3 Å². The molecule has 0 aromatic heterocycles. The fourth-order valence-electron chi connectivity index (χ4n) is 2.55. The number of hydrogen-bond acceptors (Lipinski definition) is 4. The van der Waals surface area contributed by atoms with Crippen LogP contribution < -0.4 is 10.6 Å². The van der Waals surface area contributed by atoms with E-state index in [0.29, 0.717) is 25.7 Å². The predicted molar refractivity (Wildman–Crippen MR) is 75.7 cm³/mol. The topological polar surface area (TPSA) is 105 Å². The number of carbonyl (C=O) groups is 3. The SMILES string of the molecule is COC(=O)C(CC(C)C)NC(=O)N[C@H]1CC[C@@H](C(=O)O)C1. The van der Waals surface area contributed by atoms with Crippen molar-refractivity contribution in [2.24, 2.45) is 11.8 Å². The first-order valence-electron chi connectivity index (χ1n) is 7.21. The molecule has 1 aliphatic carbocycles. The first-order chi connectivity index (χ1) is 9.83. The summed E-state index contributed by atoms with van der Waals surface area (Å²) in [6.07, 6.45) is 2.11. The van der Waals surface area contributed by atoms with Gasteiger partial charge in [-0.15, -0.1) is 0 Å². The molecule has 21 heavy (non-hydrogen) atoms. The molecule has 3 atom stereocenters. The number of urea groups is 1. The van der Waals surface area contributed by atoms with Crippen molar-refractivity contribution in [2.45, 2.75) is 51.6 Å². The summed E-state index contributed by atoms with van der Waals surface area (Å²) in [6, 6.07) is -1.31. The Hall–Kier alpha value is -1.79. The van der Waals surface area contributed by atoms with E-state index in [1.54, 1.807) is 0 Å². The van der Waals surface area contributed by atoms with Crippen molar-refractivity contribution in [3.8, 4) is 0 Å². The Morgan fingerprint density at radius 3 is 2.43 bits per heavy atom. The molecule has 1 rings (SSSR count). The van der Waals surface area contributed by atoms with Gasteiger partial charge in [0.05, 0.1) is 13.0 Å². The molecule has 0 radical (unpaired) electrons. The number of hydrogen-bond donors (Lipinski definition) is 3. The average molecular weight is 300 g/mol. The summed E-state index contributed by atoms with van der Waals surface area (Å²) >= 11 is 0. The van der Waals surface area contributed by atoms with Crippen LogP contribution in [-0.4, -0.2) is 42.3 Å². The third-order valence-electron chi connectivity index (χ3n) is 3.62. The summed E-state index contributed by atoms with van der Waals surface area (Å²) in [5.41, 5.74) is 0. The third kappa shape index (κ3) is 5.61. The molecular formula is C14H24N2O5. The molecule has 3 N–H and O–H groups in total. The van der Waals surface area contributed by atoms with Crippen molar-refractivity contribution < 1.29 is 24.2 Å². The van der Waals surface area contributed by atoms with Crippen LogP contribution >= 0.6 is 0 Å². The lowest BCUT2D eigenvalue weighted by molar-refractivity contribution is -0.143. The average Bonchev–Trinajstić information content (AvgIpc) is 2.85. The fourth-order valence-corrected chi connectivity index (χ4v) is 2.55. The Bertz CT molecular complexity index is 397. The zero-order valence-electron chi connectivity index (χ0n) is 12.7. The molecule has 120 valence electrons. The van der Waals surface area contributed by atoms with Crippen molar-refractivity contribution in [3.63, 3.8) is 0 Å². The largest absolute Gasteiger partial charge is 0.481 e. The summed E-state index contributed by atoms with van der Waals surface area (Å²) in [6.45, 7) is 3.90. The van der Waals surface area contributed by atoms with E-state index in [0.717, 1.165) is 0 Å². The molecule has 0 spiro atoms. The lowest BCUT2D eigenvalue weighted by atomic mass is 10.0. The quantitative estimate of drug-likeness (QED) is 0.638. The van der Waals surface area contributed by atoms with Crippen LogP contribution in [0.25, 0.3) is 0 Å². The number of amides is 2. The number of esters is 1. The molecule has 0 bridgehead atoms. The van der Waals surface area contributed by atoms with E-state index in [-0.39, 0.29) is 12.0 Å². The maximum absolute atomic E-state index is 11.9. The Morgan fingerprint density at radius 2 is 1.95 bits per heavy atom. The van der Waals surface area contributed by atoms with E-state index in [9.17, 15) is 14.4 Å². The zero-order chi connectivity index (χ0) is 16.0. The molecular weight excluding hydrogens is 276 g/mol. The standard InChI is InChI=1S/C14H24N2O5/c1-8(2)6-11(13(19)21-3)16-14(20)15-10-5-4-9(7-10)12(17)18/h8-11H,4-7H2,1-3H3,(H,17,18)(H2,15,16,20)/t9-,10+,11?/m1/s1. The van der Waals surface area contributed by atoms with Crippen LogP contribution in [0.1, 0.15) is 39.5 Å². The smallest absolute Gasteiger partial charge is 0.328 e. The molecule has 7 heteroatoms. The molecule has 7 nitrogen and oxygen atoms in total. The Morgan fingerprint density at radius 1 is 1.29 bits per heavy atom. The fraction of sp³-hybridized carbons (Fsp3) is 0.786. The highest BCUT2D eigenvalue weighted by Crippen LogP contribution is 2.25. The van der Waals surface area contributed by atoms with Gasteiger partial charge in [0.25, 0.3) is 0 Å². The molecule has 0 aliphatic heterocycles. The van der Waals surface area contributed by atoms with E-state index >= 15 is 0 Å². The number of aliphatic carboxylic acids is 1. The first kappa shape index (κ1) is 17.3. The summed E-state index contributed by atoms with van der Waals surface area (Å²) in [4.78, 5) is 34.4. The van der Waals surface area contributed by atoms with Gasteiger partial charge < -0.3 is 20.5 Å². The predicted octanol–water partition coefficient (Wildman–Crippen LogP) is 1.13. The minimum Gasteiger partial charge on any atom is -0.481 e. The Kier molecular flexibility index (Phi) is 6.45. The minimum absolute atomic E-state index is 0.163. The molecule has 2 amide bonds. The van der Waals surface area contributed by atoms with Crippen LogP contribution in [0.2, 0.25) is 0 Å². The second-order valence-electron chi connectivity index (χ2n) is 5.87. The van der Waals surface area contributed by atoms with Crippen LogP contribution in [0.3, 0.4) is 0 Å². The van der Waals surface area contributed by atoms with Gasteiger partial charge in [0, 0.05) is 6.04 Å². The second-order valence-corrected chi connectivity index (χ2v) is 5.87. The Labute approximate surface area is 124 Å². The van der Waals surface area contributed by atoms with E-state index in [2.05, 4.69) is 15.4 Å². The summed E-state index contributed by atoms with van der Waals surface area (Å²) in [5.74, 6) is -1.47. The number of nitrogens with one attached hydrogen (secondary N) is 2. The summed E-state index contributed by atoms with van der Waals surface area (Å²) < 4.78 is 4.67. The lowest BCUT2D eigenvalue weighted by Gasteiger charge is -2.20. The third-order valence-corrected chi connectivity index (χ3v) is 3.62. The van der Waals surface area contributed by atoms with Gasteiger partial charge in [-0.05, 0) is 31.6 Å². The highest BCUT2D eigenvalue weighted by Gasteiger charge is 2.31. The van der Waals surface area contributed by atoms with E-state index < -0.39 is 29.9 Å². The van der Waals surface area contributed by atoms with Gasteiger partial charge in [0.1, 0.15) is 6.04 Å². The summed E-state index contributed by atoms with van der Waals surface area (Å²) in [5, 5.41) is 14.2. The van der Waals surface area contributed by atoms with Gasteiger partial charge in [-0.25, -0.2) is 9.59 Å². The summed E-state index contributed by atoms with van der Waals surface area (Å²) in [7, 11) is 1.28. The number of carboxylic acids is 1. The second kappa shape index (κ2) is 7.85. The van der Waals surface area contributed by atoms with E-state index in [1.165, 1.54) is 7.11 Å². The van der Waals surface area contributed by atoms with Crippen LogP contribution in [0, 0.1) is 11.8 Å². The first-order valence-corrected chi connectivity index (χ1v) is 7.21. The molecule has 1 aliphatic rings. The minimum atomic E-state index is -0.827. The van der Waals surface area contributed by atoms with Gasteiger partial charge >= 0.3 is 18.0 Å². The number of carbonyl (C=O) groups excluding carboxylic acids is 2. The van der Waals surface area contributed by atoms with Gasteiger partial charge in [0.15, 0.2) is 0 Å². The zero-order valence-corrected chi connectivity index (χ0v) is 12.7. The van der Waals surface area contributed by atoms with Crippen molar-refractivity contribution in [1.82, 2.24) is 10.6 Å². The highest BCUT2D eigenvalue weighted by molar-refractivity contribution is 5.83. The van der Waals surface area contributed by atoms with Crippen molar-refractivity contribution in [1.29, 1.82) is 0 Å². The van der Waals surface area contributed by atoms with E-state index in [4.69, 9.17) is 5.11 Å². The van der Waals surface area contributed by atoms with Crippen molar-refractivity contribution in [2.75, 3.05) is 7.11 Å². The molecule has 1 unspecified atom stereocenters. The highest BCUT2D eigenvalue weighted by atomic mass is 16.5. The van der Waals surface area contributed by atoms with Crippen LogP contribution in [0.5, 0.6) is 0 Å². The molecule has 0 heterocycles. The number of rotatable bonds is 6. The van der Waals surface area contributed by atoms with Gasteiger partial charge in [-0.2, -0.15) is 0 Å². The van der Waals surface area contributed by atoms with Crippen molar-refractivity contribution >= 4 is 18.0 Å². The number of carboxylic acid groups (broad SMARTS) is 1. The lowest BCUT2D eigenvalue weighted by Crippen LogP contribution is -2.49. The Balaban J connectivity index is 2.47. The molecule has 0 aromatic carbocycles. The van der Waals surface area contributed by atoms with E-state index in [1.807, 2.05) is 13.8 Å². The van der Waals surface area contributed by atoms with Gasteiger partial charge in [0.2, 0.25) is 0 Å². The molecule has 1 saturated carbocycles.